The molecule has 0 bridgehead atoms. The SMILES string of the molecule is CC(C)n1cncc1C1(N)CCOC1. The van der Waals surface area contributed by atoms with Gasteiger partial charge in [0.05, 0.1) is 30.4 Å². The molecule has 0 radical (unpaired) electrons. The average Bonchev–Trinajstić information content (AvgIpc) is 2.71. The van der Waals surface area contributed by atoms with Gasteiger partial charge in [0.25, 0.3) is 0 Å². The normalized spacial score (nSPS) is 27.4. The zero-order valence-corrected chi connectivity index (χ0v) is 8.73. The summed E-state index contributed by atoms with van der Waals surface area (Å²) in [6, 6.07) is 0.397. The summed E-state index contributed by atoms with van der Waals surface area (Å²) in [6.45, 7) is 5.61. The Kier molecular flexibility index (Phi) is 2.33. The Morgan fingerprint density at radius 3 is 3.00 bits per heavy atom. The van der Waals surface area contributed by atoms with Crippen molar-refractivity contribution in [3.63, 3.8) is 0 Å². The Balaban J connectivity index is 2.35. The van der Waals surface area contributed by atoms with Crippen LogP contribution in [-0.2, 0) is 10.3 Å². The second kappa shape index (κ2) is 3.37. The van der Waals surface area contributed by atoms with Crippen molar-refractivity contribution in [3.05, 3.63) is 18.2 Å². The van der Waals surface area contributed by atoms with Crippen LogP contribution in [0.25, 0.3) is 0 Å². The monoisotopic (exact) mass is 195 g/mol. The summed E-state index contributed by atoms with van der Waals surface area (Å²) < 4.78 is 7.47. The highest BCUT2D eigenvalue weighted by Crippen LogP contribution is 2.28. The van der Waals surface area contributed by atoms with Crippen LogP contribution in [0.2, 0.25) is 0 Å². The summed E-state index contributed by atoms with van der Waals surface area (Å²) in [5, 5.41) is 0. The van der Waals surface area contributed by atoms with Gasteiger partial charge in [0.15, 0.2) is 0 Å². The first-order valence-corrected chi connectivity index (χ1v) is 5.02. The Labute approximate surface area is 84.1 Å². The van der Waals surface area contributed by atoms with Crippen molar-refractivity contribution in [1.29, 1.82) is 0 Å². The number of hydrogen-bond donors (Lipinski definition) is 1. The van der Waals surface area contributed by atoms with Crippen LogP contribution in [0.5, 0.6) is 0 Å². The second-order valence-electron chi connectivity index (χ2n) is 4.24. The molecular formula is C10H17N3O. The summed E-state index contributed by atoms with van der Waals surface area (Å²) in [4.78, 5) is 4.16. The molecule has 1 aromatic heterocycles. The maximum atomic E-state index is 6.28. The van der Waals surface area contributed by atoms with Crippen LogP contribution >= 0.6 is 0 Å². The number of hydrogen-bond acceptors (Lipinski definition) is 3. The molecule has 2 rings (SSSR count). The molecule has 1 aliphatic heterocycles. The van der Waals surface area contributed by atoms with Gasteiger partial charge >= 0.3 is 0 Å². The van der Waals surface area contributed by atoms with E-state index in [0.29, 0.717) is 12.6 Å². The van der Waals surface area contributed by atoms with Gasteiger partial charge in [0.1, 0.15) is 0 Å². The Hall–Kier alpha value is -0.870. The van der Waals surface area contributed by atoms with Crippen LogP contribution in [0.3, 0.4) is 0 Å². The van der Waals surface area contributed by atoms with Gasteiger partial charge in [-0.25, -0.2) is 4.98 Å². The summed E-state index contributed by atoms with van der Waals surface area (Å²) in [5.74, 6) is 0. The van der Waals surface area contributed by atoms with Gasteiger partial charge in [-0.3, -0.25) is 0 Å². The molecule has 14 heavy (non-hydrogen) atoms. The van der Waals surface area contributed by atoms with E-state index in [4.69, 9.17) is 10.5 Å². The fourth-order valence-electron chi connectivity index (χ4n) is 1.88. The van der Waals surface area contributed by atoms with Crippen LogP contribution in [0, 0.1) is 0 Å². The molecule has 2 N–H and O–H groups in total. The molecule has 4 nitrogen and oxygen atoms in total. The number of aromatic nitrogens is 2. The molecule has 0 aliphatic carbocycles. The van der Waals surface area contributed by atoms with E-state index in [2.05, 4.69) is 23.4 Å². The van der Waals surface area contributed by atoms with E-state index in [9.17, 15) is 0 Å². The van der Waals surface area contributed by atoms with E-state index in [1.54, 1.807) is 0 Å². The quantitative estimate of drug-likeness (QED) is 0.767. The first-order chi connectivity index (χ1) is 6.63. The van der Waals surface area contributed by atoms with Crippen molar-refractivity contribution >= 4 is 0 Å². The molecule has 78 valence electrons. The summed E-state index contributed by atoms with van der Waals surface area (Å²) >= 11 is 0. The molecule has 4 heteroatoms. The van der Waals surface area contributed by atoms with Crippen molar-refractivity contribution in [2.45, 2.75) is 31.8 Å². The topological polar surface area (TPSA) is 53.1 Å². The van der Waals surface area contributed by atoms with Crippen molar-refractivity contribution in [2.24, 2.45) is 5.73 Å². The molecule has 1 aromatic rings. The molecular weight excluding hydrogens is 178 g/mol. The van der Waals surface area contributed by atoms with Crippen LogP contribution in [0.15, 0.2) is 12.5 Å². The van der Waals surface area contributed by atoms with Crippen molar-refractivity contribution < 1.29 is 4.74 Å². The van der Waals surface area contributed by atoms with Crippen LogP contribution in [0.4, 0.5) is 0 Å². The summed E-state index contributed by atoms with van der Waals surface area (Å²) in [5.41, 5.74) is 7.03. The highest BCUT2D eigenvalue weighted by atomic mass is 16.5. The van der Waals surface area contributed by atoms with Crippen LogP contribution in [-0.4, -0.2) is 22.8 Å². The van der Waals surface area contributed by atoms with Gasteiger partial charge in [0, 0.05) is 12.6 Å². The van der Waals surface area contributed by atoms with Gasteiger partial charge in [-0.2, -0.15) is 0 Å². The predicted octanol–water partition coefficient (Wildman–Crippen LogP) is 1.04. The lowest BCUT2D eigenvalue weighted by Crippen LogP contribution is -2.39. The van der Waals surface area contributed by atoms with E-state index in [1.165, 1.54) is 0 Å². The maximum absolute atomic E-state index is 6.28. The number of nitrogens with two attached hydrogens (primary N) is 1. The lowest BCUT2D eigenvalue weighted by molar-refractivity contribution is 0.176. The molecule has 0 spiro atoms. The first kappa shape index (κ1) is 9.68. The molecule has 0 saturated carbocycles. The summed E-state index contributed by atoms with van der Waals surface area (Å²) in [7, 11) is 0. The number of rotatable bonds is 2. The third-order valence-electron chi connectivity index (χ3n) is 2.78. The molecule has 2 heterocycles. The average molecular weight is 195 g/mol. The standard InChI is InChI=1S/C10H17N3O/c1-8(2)13-7-12-5-9(13)10(11)3-4-14-6-10/h5,7-8H,3-4,6,11H2,1-2H3. The van der Waals surface area contributed by atoms with E-state index >= 15 is 0 Å². The van der Waals surface area contributed by atoms with Gasteiger partial charge in [-0.05, 0) is 20.3 Å². The minimum atomic E-state index is -0.333. The highest BCUT2D eigenvalue weighted by molar-refractivity contribution is 5.15. The minimum Gasteiger partial charge on any atom is -0.379 e. The molecule has 1 atom stereocenters. The van der Waals surface area contributed by atoms with E-state index in [0.717, 1.165) is 18.7 Å². The van der Waals surface area contributed by atoms with Crippen molar-refractivity contribution in [1.82, 2.24) is 9.55 Å². The van der Waals surface area contributed by atoms with Crippen LogP contribution < -0.4 is 5.73 Å². The first-order valence-electron chi connectivity index (χ1n) is 5.02. The fraction of sp³-hybridized carbons (Fsp3) is 0.700. The predicted molar refractivity (Wildman–Crippen MR) is 53.9 cm³/mol. The molecule has 1 aliphatic rings. The van der Waals surface area contributed by atoms with Gasteiger partial charge in [-0.15, -0.1) is 0 Å². The smallest absolute Gasteiger partial charge is 0.0951 e. The number of ether oxygens (including phenoxy) is 1. The Morgan fingerprint density at radius 1 is 1.64 bits per heavy atom. The van der Waals surface area contributed by atoms with E-state index in [-0.39, 0.29) is 5.54 Å². The zero-order chi connectivity index (χ0) is 10.2. The second-order valence-corrected chi connectivity index (χ2v) is 4.24. The lowest BCUT2D eigenvalue weighted by Gasteiger charge is -2.24. The fourth-order valence-corrected chi connectivity index (χ4v) is 1.88. The maximum Gasteiger partial charge on any atom is 0.0951 e. The lowest BCUT2D eigenvalue weighted by atomic mass is 9.96. The van der Waals surface area contributed by atoms with E-state index in [1.807, 2.05) is 12.5 Å². The third kappa shape index (κ3) is 1.44. The Morgan fingerprint density at radius 2 is 2.43 bits per heavy atom. The molecule has 1 saturated heterocycles. The van der Waals surface area contributed by atoms with Crippen molar-refractivity contribution in [3.8, 4) is 0 Å². The largest absolute Gasteiger partial charge is 0.379 e. The zero-order valence-electron chi connectivity index (χ0n) is 8.73. The molecule has 1 fully saturated rings. The number of imidazole rings is 1. The molecule has 1 unspecified atom stereocenters. The van der Waals surface area contributed by atoms with Gasteiger partial charge < -0.3 is 15.0 Å². The molecule has 0 aromatic carbocycles. The molecule has 0 amide bonds. The third-order valence-corrected chi connectivity index (χ3v) is 2.78. The summed E-state index contributed by atoms with van der Waals surface area (Å²) in [6.07, 6.45) is 4.58. The van der Waals surface area contributed by atoms with Crippen molar-refractivity contribution in [2.75, 3.05) is 13.2 Å². The van der Waals surface area contributed by atoms with E-state index < -0.39 is 0 Å². The van der Waals surface area contributed by atoms with Crippen LogP contribution in [0.1, 0.15) is 32.0 Å². The number of nitrogens with zero attached hydrogens (tertiary/aromatic N) is 2. The minimum absolute atomic E-state index is 0.333. The van der Waals surface area contributed by atoms with Gasteiger partial charge in [0.2, 0.25) is 0 Å². The van der Waals surface area contributed by atoms with Gasteiger partial charge in [-0.1, -0.05) is 0 Å². The Bertz CT molecular complexity index is 313. The highest BCUT2D eigenvalue weighted by Gasteiger charge is 2.35.